The Bertz CT molecular complexity index is 674. The van der Waals surface area contributed by atoms with Crippen molar-refractivity contribution in [3.8, 4) is 0 Å². The van der Waals surface area contributed by atoms with Crippen molar-refractivity contribution in [3.05, 3.63) is 62.0 Å². The van der Waals surface area contributed by atoms with E-state index in [1.807, 2.05) is 19.1 Å². The average Bonchev–Trinajstić information content (AvgIpc) is 2.45. The first-order valence-electron chi connectivity index (χ1n) is 6.05. The molecule has 0 spiro atoms. The lowest BCUT2D eigenvalue weighted by Crippen LogP contribution is -1.96. The molecule has 0 heterocycles. The Morgan fingerprint density at radius 2 is 1.76 bits per heavy atom. The van der Waals surface area contributed by atoms with E-state index < -0.39 is 5.97 Å². The summed E-state index contributed by atoms with van der Waals surface area (Å²) < 4.78 is 2.01. The minimum absolute atomic E-state index is 0.246. The first-order valence-corrected chi connectivity index (χ1v) is 7.64. The Kier molecular flexibility index (Phi) is 5.14. The van der Waals surface area contributed by atoms with Crippen LogP contribution in [0.15, 0.2) is 50.4 Å². The highest BCUT2D eigenvalue weighted by atomic mass is 79.9. The van der Waals surface area contributed by atoms with E-state index in [9.17, 15) is 4.79 Å². The number of anilines is 1. The summed E-state index contributed by atoms with van der Waals surface area (Å²) in [7, 11) is 0. The third kappa shape index (κ3) is 4.15. The van der Waals surface area contributed by atoms with E-state index in [1.54, 1.807) is 18.3 Å². The molecule has 0 saturated heterocycles. The van der Waals surface area contributed by atoms with Crippen LogP contribution in [0.2, 0.25) is 0 Å². The van der Waals surface area contributed by atoms with E-state index >= 15 is 0 Å². The fourth-order valence-corrected chi connectivity index (χ4v) is 2.83. The summed E-state index contributed by atoms with van der Waals surface area (Å²) in [6.45, 7) is 2.01. The molecule has 2 rings (SSSR count). The van der Waals surface area contributed by atoms with E-state index in [2.05, 4.69) is 42.4 Å². The minimum Gasteiger partial charge on any atom is -0.478 e. The van der Waals surface area contributed by atoms with Crippen molar-refractivity contribution in [1.29, 1.82) is 0 Å². The molecule has 2 aromatic rings. The number of hydrogen-bond acceptors (Lipinski definition) is 3. The number of rotatable bonds is 4. The van der Waals surface area contributed by atoms with Crippen molar-refractivity contribution < 1.29 is 9.90 Å². The van der Waals surface area contributed by atoms with Crippen LogP contribution in [0.1, 0.15) is 21.5 Å². The van der Waals surface area contributed by atoms with Crippen LogP contribution in [0.3, 0.4) is 0 Å². The van der Waals surface area contributed by atoms with Crippen LogP contribution in [0, 0.1) is 6.92 Å². The maximum absolute atomic E-state index is 10.7. The molecule has 0 fully saturated rings. The lowest BCUT2D eigenvalue weighted by molar-refractivity contribution is 0.0697. The van der Waals surface area contributed by atoms with E-state index in [0.717, 1.165) is 25.8 Å². The first kappa shape index (κ1) is 15.7. The molecule has 2 aromatic carbocycles. The summed E-state index contributed by atoms with van der Waals surface area (Å²) in [5, 5.41) is 13.0. The lowest BCUT2D eigenvalue weighted by atomic mass is 10.2. The van der Waals surface area contributed by atoms with E-state index in [0.29, 0.717) is 0 Å². The number of halogens is 2. The second kappa shape index (κ2) is 6.87. The van der Waals surface area contributed by atoms with Crippen LogP contribution in [-0.4, -0.2) is 17.3 Å². The number of carboxylic acid groups (broad SMARTS) is 1. The van der Waals surface area contributed by atoms with Gasteiger partial charge in [-0.05, 0) is 54.4 Å². The molecule has 0 aromatic heterocycles. The van der Waals surface area contributed by atoms with Crippen LogP contribution < -0.4 is 5.43 Å². The van der Waals surface area contributed by atoms with Crippen molar-refractivity contribution in [2.24, 2.45) is 5.10 Å². The van der Waals surface area contributed by atoms with Gasteiger partial charge in [0.2, 0.25) is 0 Å². The van der Waals surface area contributed by atoms with Gasteiger partial charge in [0.1, 0.15) is 0 Å². The molecule has 108 valence electrons. The van der Waals surface area contributed by atoms with E-state index in [1.165, 1.54) is 12.1 Å². The highest BCUT2D eigenvalue weighted by Gasteiger charge is 2.02. The topological polar surface area (TPSA) is 61.7 Å². The Labute approximate surface area is 139 Å². The van der Waals surface area contributed by atoms with Gasteiger partial charge in [-0.2, -0.15) is 5.10 Å². The maximum Gasteiger partial charge on any atom is 0.335 e. The molecular formula is C15H12Br2N2O2. The van der Waals surface area contributed by atoms with Crippen LogP contribution >= 0.6 is 31.9 Å². The SMILES string of the molecule is Cc1c(Br)cc(/C=N/Nc2ccc(C(=O)O)cc2)cc1Br. The third-order valence-corrected chi connectivity index (χ3v) is 4.49. The van der Waals surface area contributed by atoms with Gasteiger partial charge in [-0.25, -0.2) is 4.79 Å². The monoisotopic (exact) mass is 410 g/mol. The molecule has 0 amide bonds. The fourth-order valence-electron chi connectivity index (χ4n) is 1.61. The number of hydrogen-bond donors (Lipinski definition) is 2. The van der Waals surface area contributed by atoms with Crippen LogP contribution in [-0.2, 0) is 0 Å². The molecule has 2 N–H and O–H groups in total. The number of hydrazone groups is 1. The highest BCUT2D eigenvalue weighted by Crippen LogP contribution is 2.25. The normalized spacial score (nSPS) is 10.8. The highest BCUT2D eigenvalue weighted by molar-refractivity contribution is 9.11. The van der Waals surface area contributed by atoms with Gasteiger partial charge in [-0.1, -0.05) is 31.9 Å². The zero-order chi connectivity index (χ0) is 15.4. The summed E-state index contributed by atoms with van der Waals surface area (Å²) in [5.74, 6) is -0.945. The zero-order valence-corrected chi connectivity index (χ0v) is 14.3. The number of carbonyl (C=O) groups is 1. The van der Waals surface area contributed by atoms with Gasteiger partial charge < -0.3 is 5.11 Å². The Hall–Kier alpha value is -1.66. The summed E-state index contributed by atoms with van der Waals surface area (Å²) in [5.41, 5.74) is 5.90. The van der Waals surface area contributed by atoms with Crippen LogP contribution in [0.5, 0.6) is 0 Å². The molecule has 0 saturated carbocycles. The van der Waals surface area contributed by atoms with E-state index in [4.69, 9.17) is 5.11 Å². The predicted molar refractivity (Wildman–Crippen MR) is 91.2 cm³/mol. The lowest BCUT2D eigenvalue weighted by Gasteiger charge is -2.04. The predicted octanol–water partition coefficient (Wildman–Crippen LogP) is 4.66. The van der Waals surface area contributed by atoms with Crippen molar-refractivity contribution in [3.63, 3.8) is 0 Å². The molecule has 21 heavy (non-hydrogen) atoms. The van der Waals surface area contributed by atoms with Gasteiger partial charge in [-0.15, -0.1) is 0 Å². The van der Waals surface area contributed by atoms with Crippen molar-refractivity contribution in [1.82, 2.24) is 0 Å². The number of carboxylic acids is 1. The first-order chi connectivity index (χ1) is 9.97. The largest absolute Gasteiger partial charge is 0.478 e. The standard InChI is InChI=1S/C15H12Br2N2O2/c1-9-13(16)6-10(7-14(9)17)8-18-19-12-4-2-11(3-5-12)15(20)21/h2-8,19H,1H3,(H,20,21)/b18-8+. The molecule has 0 aliphatic carbocycles. The summed E-state index contributed by atoms with van der Waals surface area (Å²) >= 11 is 6.98. The van der Waals surface area contributed by atoms with Gasteiger partial charge >= 0.3 is 5.97 Å². The Morgan fingerprint density at radius 1 is 1.19 bits per heavy atom. The van der Waals surface area contributed by atoms with Crippen LogP contribution in [0.25, 0.3) is 0 Å². The minimum atomic E-state index is -0.945. The molecule has 0 aliphatic heterocycles. The van der Waals surface area contributed by atoms with Crippen molar-refractivity contribution in [2.45, 2.75) is 6.92 Å². The summed E-state index contributed by atoms with van der Waals surface area (Å²) in [6, 6.07) is 10.3. The molecule has 0 aliphatic rings. The second-order valence-electron chi connectivity index (χ2n) is 4.36. The second-order valence-corrected chi connectivity index (χ2v) is 6.07. The number of nitrogens with zero attached hydrogens (tertiary/aromatic N) is 1. The molecule has 6 heteroatoms. The summed E-state index contributed by atoms with van der Waals surface area (Å²) in [6.07, 6.45) is 1.69. The number of nitrogens with one attached hydrogen (secondary N) is 1. The molecule has 0 bridgehead atoms. The van der Waals surface area contributed by atoms with Crippen molar-refractivity contribution >= 4 is 49.7 Å². The molecule has 0 radical (unpaired) electrons. The average molecular weight is 412 g/mol. The van der Waals surface area contributed by atoms with Gasteiger partial charge in [0.15, 0.2) is 0 Å². The molecule has 0 unspecified atom stereocenters. The van der Waals surface area contributed by atoms with Gasteiger partial charge in [0.25, 0.3) is 0 Å². The van der Waals surface area contributed by atoms with Gasteiger partial charge in [-0.3, -0.25) is 5.43 Å². The number of benzene rings is 2. The Balaban J connectivity index is 2.07. The quantitative estimate of drug-likeness (QED) is 0.567. The molecular weight excluding hydrogens is 400 g/mol. The molecule has 0 atom stereocenters. The Morgan fingerprint density at radius 3 is 2.29 bits per heavy atom. The fraction of sp³-hybridized carbons (Fsp3) is 0.0667. The van der Waals surface area contributed by atoms with Crippen LogP contribution in [0.4, 0.5) is 5.69 Å². The molecule has 4 nitrogen and oxygen atoms in total. The maximum atomic E-state index is 10.7. The van der Waals surface area contributed by atoms with Gasteiger partial charge in [0, 0.05) is 8.95 Å². The van der Waals surface area contributed by atoms with Gasteiger partial charge in [0.05, 0.1) is 17.5 Å². The number of aromatic carboxylic acids is 1. The van der Waals surface area contributed by atoms with E-state index in [-0.39, 0.29) is 5.56 Å². The zero-order valence-electron chi connectivity index (χ0n) is 11.1. The van der Waals surface area contributed by atoms with Crippen molar-refractivity contribution in [2.75, 3.05) is 5.43 Å². The smallest absolute Gasteiger partial charge is 0.335 e. The summed E-state index contributed by atoms with van der Waals surface area (Å²) in [4.78, 5) is 10.7. The third-order valence-electron chi connectivity index (χ3n) is 2.84.